The van der Waals surface area contributed by atoms with Gasteiger partial charge in [-0.25, -0.2) is 0 Å². The molecule has 2 N–H and O–H groups in total. The van der Waals surface area contributed by atoms with E-state index in [2.05, 4.69) is 19.1 Å². The number of ether oxygens (including phenoxy) is 1. The van der Waals surface area contributed by atoms with Gasteiger partial charge in [-0.3, -0.25) is 4.79 Å². The monoisotopic (exact) mass is 313 g/mol. The Labute approximate surface area is 138 Å². The van der Waals surface area contributed by atoms with Gasteiger partial charge >= 0.3 is 5.97 Å². The molecule has 0 spiro atoms. The normalized spacial score (nSPS) is 33.3. The maximum Gasteiger partial charge on any atom is 0.314 e. The molecule has 2 bridgehead atoms. The van der Waals surface area contributed by atoms with Gasteiger partial charge in [0.05, 0.1) is 5.92 Å². The van der Waals surface area contributed by atoms with Crippen molar-refractivity contribution in [3.63, 3.8) is 0 Å². The van der Waals surface area contributed by atoms with Gasteiger partial charge in [0.1, 0.15) is 5.75 Å². The molecule has 124 valence electrons. The van der Waals surface area contributed by atoms with Crippen LogP contribution in [0.2, 0.25) is 0 Å². The molecule has 0 aliphatic heterocycles. The highest BCUT2D eigenvalue weighted by Crippen LogP contribution is 2.46. The van der Waals surface area contributed by atoms with E-state index in [-0.39, 0.29) is 23.3 Å². The van der Waals surface area contributed by atoms with Gasteiger partial charge in [-0.05, 0) is 61.3 Å². The summed E-state index contributed by atoms with van der Waals surface area (Å²) in [6, 6.07) is 6.46. The van der Waals surface area contributed by atoms with E-state index in [4.69, 9.17) is 10.5 Å². The topological polar surface area (TPSA) is 52.3 Å². The Morgan fingerprint density at radius 2 is 2.04 bits per heavy atom. The lowest BCUT2D eigenvalue weighted by molar-refractivity contribution is -0.135. The molecule has 3 nitrogen and oxygen atoms in total. The smallest absolute Gasteiger partial charge is 0.314 e. The fourth-order valence-electron chi connectivity index (χ4n) is 4.61. The second kappa shape index (κ2) is 5.62. The van der Waals surface area contributed by atoms with Crippen LogP contribution in [-0.4, -0.2) is 12.0 Å². The Morgan fingerprint density at radius 3 is 2.83 bits per heavy atom. The van der Waals surface area contributed by atoms with Crippen molar-refractivity contribution in [3.8, 4) is 5.75 Å². The molecule has 0 aromatic heterocycles. The van der Waals surface area contributed by atoms with Gasteiger partial charge < -0.3 is 10.5 Å². The SMILES string of the molecule is C[C@@]12CCCCCC(Cc3ccc(OC(=O)C4CC4)cc31)[C@@H]2N. The van der Waals surface area contributed by atoms with Crippen molar-refractivity contribution in [2.24, 2.45) is 17.6 Å². The summed E-state index contributed by atoms with van der Waals surface area (Å²) in [6.45, 7) is 2.32. The van der Waals surface area contributed by atoms with Crippen molar-refractivity contribution >= 4 is 5.97 Å². The molecule has 0 saturated heterocycles. The van der Waals surface area contributed by atoms with Crippen LogP contribution in [0.25, 0.3) is 0 Å². The predicted molar refractivity (Wildman–Crippen MR) is 90.4 cm³/mol. The maximum atomic E-state index is 12.0. The zero-order chi connectivity index (χ0) is 16.0. The summed E-state index contributed by atoms with van der Waals surface area (Å²) in [5.74, 6) is 1.36. The van der Waals surface area contributed by atoms with E-state index >= 15 is 0 Å². The van der Waals surface area contributed by atoms with E-state index in [1.807, 2.05) is 6.07 Å². The number of benzene rings is 1. The number of nitrogens with two attached hydrogens (primary N) is 1. The maximum absolute atomic E-state index is 12.0. The summed E-state index contributed by atoms with van der Waals surface area (Å²) in [5.41, 5.74) is 9.45. The fourth-order valence-corrected chi connectivity index (χ4v) is 4.61. The molecule has 1 aromatic carbocycles. The second-order valence-corrected chi connectivity index (χ2v) is 8.02. The fraction of sp³-hybridized carbons (Fsp3) is 0.650. The number of hydrogen-bond acceptors (Lipinski definition) is 3. The molecule has 0 radical (unpaired) electrons. The molecule has 0 heterocycles. The highest BCUT2D eigenvalue weighted by atomic mass is 16.5. The summed E-state index contributed by atoms with van der Waals surface area (Å²) >= 11 is 0. The molecule has 3 aliphatic rings. The Kier molecular flexibility index (Phi) is 3.72. The van der Waals surface area contributed by atoms with E-state index in [1.165, 1.54) is 36.8 Å². The highest BCUT2D eigenvalue weighted by Gasteiger charge is 2.44. The van der Waals surface area contributed by atoms with Gasteiger partial charge in [0.15, 0.2) is 0 Å². The quantitative estimate of drug-likeness (QED) is 0.668. The second-order valence-electron chi connectivity index (χ2n) is 8.02. The number of hydrogen-bond donors (Lipinski definition) is 1. The molecule has 1 aromatic rings. The summed E-state index contributed by atoms with van der Waals surface area (Å²) in [6.07, 6.45) is 9.27. The first-order chi connectivity index (χ1) is 11.1. The van der Waals surface area contributed by atoms with Gasteiger partial charge in [0.25, 0.3) is 0 Å². The molecule has 4 rings (SSSR count). The van der Waals surface area contributed by atoms with E-state index in [1.54, 1.807) is 0 Å². The highest BCUT2D eigenvalue weighted by molar-refractivity contribution is 5.77. The van der Waals surface area contributed by atoms with E-state index in [0.717, 1.165) is 25.7 Å². The van der Waals surface area contributed by atoms with Gasteiger partial charge in [0.2, 0.25) is 0 Å². The summed E-state index contributed by atoms with van der Waals surface area (Å²) < 4.78 is 5.60. The van der Waals surface area contributed by atoms with Crippen LogP contribution in [0.15, 0.2) is 18.2 Å². The number of carbonyl (C=O) groups excluding carboxylic acids is 1. The number of esters is 1. The first-order valence-corrected chi connectivity index (χ1v) is 9.18. The molecule has 0 amide bonds. The molecule has 3 aliphatic carbocycles. The van der Waals surface area contributed by atoms with Crippen molar-refractivity contribution in [2.45, 2.75) is 69.7 Å². The molecule has 23 heavy (non-hydrogen) atoms. The van der Waals surface area contributed by atoms with Crippen LogP contribution in [0, 0.1) is 11.8 Å². The van der Waals surface area contributed by atoms with Crippen LogP contribution < -0.4 is 10.5 Å². The van der Waals surface area contributed by atoms with E-state index in [9.17, 15) is 4.79 Å². The van der Waals surface area contributed by atoms with Crippen LogP contribution in [-0.2, 0) is 16.6 Å². The van der Waals surface area contributed by atoms with Crippen molar-refractivity contribution in [1.82, 2.24) is 0 Å². The molecule has 3 heteroatoms. The first kappa shape index (κ1) is 15.2. The Hall–Kier alpha value is -1.35. The minimum atomic E-state index is -0.0641. The summed E-state index contributed by atoms with van der Waals surface area (Å²) in [4.78, 5) is 12.0. The average molecular weight is 313 g/mol. The summed E-state index contributed by atoms with van der Waals surface area (Å²) in [5, 5.41) is 0. The minimum Gasteiger partial charge on any atom is -0.426 e. The van der Waals surface area contributed by atoms with E-state index < -0.39 is 0 Å². The van der Waals surface area contributed by atoms with Crippen LogP contribution in [0.5, 0.6) is 5.75 Å². The van der Waals surface area contributed by atoms with Gasteiger partial charge in [-0.2, -0.15) is 0 Å². The number of carbonyl (C=O) groups is 1. The molecule has 3 atom stereocenters. The van der Waals surface area contributed by atoms with Gasteiger partial charge in [-0.15, -0.1) is 0 Å². The first-order valence-electron chi connectivity index (χ1n) is 9.18. The lowest BCUT2D eigenvalue weighted by Crippen LogP contribution is -2.52. The zero-order valence-electron chi connectivity index (χ0n) is 14.0. The van der Waals surface area contributed by atoms with Gasteiger partial charge in [0, 0.05) is 11.5 Å². The third-order valence-electron chi connectivity index (χ3n) is 6.32. The third kappa shape index (κ3) is 2.69. The third-order valence-corrected chi connectivity index (χ3v) is 6.32. The molecule has 2 fully saturated rings. The lowest BCUT2D eigenvalue weighted by Gasteiger charge is -2.47. The van der Waals surface area contributed by atoms with Crippen LogP contribution in [0.1, 0.15) is 63.0 Å². The number of fused-ring (bicyclic) bond motifs is 4. The number of rotatable bonds is 2. The minimum absolute atomic E-state index is 0.0146. The standard InChI is InChI=1S/C20H27NO2/c1-20-10-4-2-3-5-15(18(20)21)11-14-8-9-16(12-17(14)20)23-19(22)13-6-7-13/h8-9,12-13,15,18H,2-7,10-11,21H2,1H3/t15?,18-,20+/m0/s1. The molecular weight excluding hydrogens is 286 g/mol. The largest absolute Gasteiger partial charge is 0.426 e. The lowest BCUT2D eigenvalue weighted by atomic mass is 9.60. The van der Waals surface area contributed by atoms with Crippen molar-refractivity contribution in [2.75, 3.05) is 0 Å². The van der Waals surface area contributed by atoms with E-state index in [0.29, 0.717) is 11.7 Å². The molecule has 2 saturated carbocycles. The van der Waals surface area contributed by atoms with Crippen LogP contribution in [0.3, 0.4) is 0 Å². The predicted octanol–water partition coefficient (Wildman–Crippen LogP) is 3.72. The van der Waals surface area contributed by atoms with Crippen molar-refractivity contribution < 1.29 is 9.53 Å². The van der Waals surface area contributed by atoms with Crippen molar-refractivity contribution in [3.05, 3.63) is 29.3 Å². The molecule has 1 unspecified atom stereocenters. The van der Waals surface area contributed by atoms with Crippen LogP contribution >= 0.6 is 0 Å². The van der Waals surface area contributed by atoms with Gasteiger partial charge in [-0.1, -0.05) is 32.3 Å². The van der Waals surface area contributed by atoms with Crippen LogP contribution in [0.4, 0.5) is 0 Å². The summed E-state index contributed by atoms with van der Waals surface area (Å²) in [7, 11) is 0. The molecular formula is C20H27NO2. The Morgan fingerprint density at radius 1 is 1.22 bits per heavy atom. The average Bonchev–Trinajstić information content (AvgIpc) is 3.37. The van der Waals surface area contributed by atoms with Crippen molar-refractivity contribution in [1.29, 1.82) is 0 Å². The Balaban J connectivity index is 1.68. The Bertz CT molecular complexity index is 622. The zero-order valence-corrected chi connectivity index (χ0v) is 14.0.